The number of ether oxygens (including phenoxy) is 3. The van der Waals surface area contributed by atoms with E-state index in [1.807, 2.05) is 20.8 Å². The monoisotopic (exact) mass is 562 g/mol. The van der Waals surface area contributed by atoms with Gasteiger partial charge in [0.25, 0.3) is 0 Å². The van der Waals surface area contributed by atoms with Gasteiger partial charge < -0.3 is 24.8 Å². The van der Waals surface area contributed by atoms with Gasteiger partial charge in [0.2, 0.25) is 11.8 Å². The van der Waals surface area contributed by atoms with Crippen LogP contribution in [0, 0.1) is 11.8 Å². The van der Waals surface area contributed by atoms with E-state index in [1.165, 1.54) is 6.33 Å². The van der Waals surface area contributed by atoms with Gasteiger partial charge in [0.15, 0.2) is 17.4 Å². The van der Waals surface area contributed by atoms with Crippen molar-refractivity contribution in [1.82, 2.24) is 24.6 Å². The van der Waals surface area contributed by atoms with Gasteiger partial charge in [-0.2, -0.15) is 9.97 Å². The highest BCUT2D eigenvalue weighted by Gasteiger charge is 2.46. The van der Waals surface area contributed by atoms with Crippen LogP contribution in [0.15, 0.2) is 6.33 Å². The topological polar surface area (TPSA) is 173 Å². The van der Waals surface area contributed by atoms with Crippen LogP contribution in [0.4, 0.5) is 5.95 Å². The number of nitrogen functional groups attached to an aromatic ring is 1. The first kappa shape index (κ1) is 29.5. The Labute approximate surface area is 221 Å². The smallest absolute Gasteiger partial charge is 0.403 e. The Morgan fingerprint density at radius 2 is 2.11 bits per heavy atom. The van der Waals surface area contributed by atoms with E-state index in [0.29, 0.717) is 24.2 Å². The third-order valence-electron chi connectivity index (χ3n) is 5.85. The molecule has 5 atom stereocenters. The van der Waals surface area contributed by atoms with Crippen molar-refractivity contribution in [3.8, 4) is 5.88 Å². The Kier molecular flexibility index (Phi) is 9.41. The molecule has 1 aliphatic rings. The summed E-state index contributed by atoms with van der Waals surface area (Å²) in [6, 6.07) is -0.587. The highest BCUT2D eigenvalue weighted by molar-refractivity contribution is 7.50. The number of carbonyl (C=O) groups excluding carboxylic acids is 1. The molecule has 0 bridgehead atoms. The number of alkyl halides is 1. The van der Waals surface area contributed by atoms with Crippen molar-refractivity contribution in [2.75, 3.05) is 25.6 Å². The first-order valence-corrected chi connectivity index (χ1v) is 14.1. The Hall–Kier alpha value is -2.02. The van der Waals surface area contributed by atoms with Crippen LogP contribution in [-0.4, -0.2) is 67.2 Å². The molecule has 3 heterocycles. The SMILES string of the molecule is CCOc1nc(N)nc2c1ncn2[C@@H]1O[C@H](COP(=O)(O)NC(COC(=O)C(C)C)C(C)C)C[C@@]1(C)Cl. The molecule has 2 unspecified atom stereocenters. The van der Waals surface area contributed by atoms with Crippen molar-refractivity contribution in [1.29, 1.82) is 0 Å². The molecule has 1 fully saturated rings. The van der Waals surface area contributed by atoms with Gasteiger partial charge in [-0.3, -0.25) is 13.9 Å². The van der Waals surface area contributed by atoms with Crippen molar-refractivity contribution >= 4 is 42.4 Å². The highest BCUT2D eigenvalue weighted by atomic mass is 35.5. The number of halogens is 1. The zero-order valence-electron chi connectivity index (χ0n) is 21.9. The number of hydrogen-bond donors (Lipinski definition) is 3. The van der Waals surface area contributed by atoms with E-state index < -0.39 is 31.0 Å². The Balaban J connectivity index is 1.68. The summed E-state index contributed by atoms with van der Waals surface area (Å²) in [6.45, 7) is 10.8. The van der Waals surface area contributed by atoms with E-state index in [4.69, 9.17) is 36.1 Å². The van der Waals surface area contributed by atoms with Crippen molar-refractivity contribution in [3.05, 3.63) is 6.33 Å². The molecule has 0 saturated carbocycles. The summed E-state index contributed by atoms with van der Waals surface area (Å²) in [5.41, 5.74) is 6.65. The highest BCUT2D eigenvalue weighted by Crippen LogP contribution is 2.46. The van der Waals surface area contributed by atoms with Crippen molar-refractivity contribution in [3.63, 3.8) is 0 Å². The number of nitrogens with zero attached hydrogens (tertiary/aromatic N) is 4. The molecule has 1 aliphatic heterocycles. The maximum Gasteiger partial charge on any atom is 0.403 e. The molecule has 13 nitrogen and oxygen atoms in total. The maximum absolute atomic E-state index is 12.8. The molecular formula is C22H36ClN6O7P. The third kappa shape index (κ3) is 7.30. The Morgan fingerprint density at radius 3 is 2.73 bits per heavy atom. The summed E-state index contributed by atoms with van der Waals surface area (Å²) in [5, 5.41) is 2.58. The molecule has 4 N–H and O–H groups in total. The summed E-state index contributed by atoms with van der Waals surface area (Å²) in [7, 11) is -4.26. The van der Waals surface area contributed by atoms with Gasteiger partial charge in [0.05, 0.1) is 42.5 Å². The number of carbonyl (C=O) groups is 1. The minimum absolute atomic E-state index is 0.0120. The molecule has 37 heavy (non-hydrogen) atoms. The third-order valence-corrected chi connectivity index (χ3v) is 7.35. The minimum atomic E-state index is -4.26. The maximum atomic E-state index is 12.8. The van der Waals surface area contributed by atoms with Crippen LogP contribution in [0.5, 0.6) is 5.88 Å². The largest absolute Gasteiger partial charge is 0.476 e. The van der Waals surface area contributed by atoms with E-state index in [0.717, 1.165) is 0 Å². The average Bonchev–Trinajstić information content (AvgIpc) is 3.34. The summed E-state index contributed by atoms with van der Waals surface area (Å²) in [6.07, 6.45) is 0.507. The fourth-order valence-electron chi connectivity index (χ4n) is 3.84. The average molecular weight is 563 g/mol. The van der Waals surface area contributed by atoms with Gasteiger partial charge >= 0.3 is 13.7 Å². The molecule has 0 radical (unpaired) electrons. The second-order valence-corrected chi connectivity index (χ2v) is 12.2. The van der Waals surface area contributed by atoms with E-state index in [-0.39, 0.29) is 42.8 Å². The summed E-state index contributed by atoms with van der Waals surface area (Å²) in [5.74, 6) is -0.529. The van der Waals surface area contributed by atoms with Crippen LogP contribution in [0.2, 0.25) is 0 Å². The summed E-state index contributed by atoms with van der Waals surface area (Å²) < 4.78 is 36.6. The van der Waals surface area contributed by atoms with Crippen LogP contribution < -0.4 is 15.6 Å². The van der Waals surface area contributed by atoms with Gasteiger partial charge in [-0.05, 0) is 26.2 Å². The molecule has 2 aromatic rings. The normalized spacial score (nSPS) is 24.5. The van der Waals surface area contributed by atoms with Gasteiger partial charge in [0, 0.05) is 0 Å². The molecular weight excluding hydrogens is 527 g/mol. The lowest BCUT2D eigenvalue weighted by molar-refractivity contribution is -0.148. The predicted molar refractivity (Wildman–Crippen MR) is 137 cm³/mol. The number of nitrogens with two attached hydrogens (primary N) is 1. The number of fused-ring (bicyclic) bond motifs is 1. The number of aromatic nitrogens is 4. The molecule has 0 aliphatic carbocycles. The van der Waals surface area contributed by atoms with Crippen LogP contribution in [0.25, 0.3) is 11.2 Å². The van der Waals surface area contributed by atoms with Crippen LogP contribution in [-0.2, 0) is 23.4 Å². The Morgan fingerprint density at radius 1 is 1.41 bits per heavy atom. The number of esters is 1. The molecule has 2 aromatic heterocycles. The predicted octanol–water partition coefficient (Wildman–Crippen LogP) is 3.02. The number of hydrogen-bond acceptors (Lipinski definition) is 10. The van der Waals surface area contributed by atoms with E-state index >= 15 is 0 Å². The second kappa shape index (κ2) is 11.8. The molecule has 208 valence electrons. The van der Waals surface area contributed by atoms with Crippen molar-refractivity contribution in [2.45, 2.75) is 71.2 Å². The van der Waals surface area contributed by atoms with E-state index in [9.17, 15) is 14.3 Å². The fourth-order valence-corrected chi connectivity index (χ4v) is 5.40. The number of rotatable bonds is 12. The molecule has 1 saturated heterocycles. The van der Waals surface area contributed by atoms with Crippen molar-refractivity contribution in [2.24, 2.45) is 11.8 Å². The lowest BCUT2D eigenvalue weighted by Gasteiger charge is -2.25. The second-order valence-electron chi connectivity index (χ2n) is 9.82. The van der Waals surface area contributed by atoms with Crippen LogP contribution in [0.3, 0.4) is 0 Å². The zero-order valence-corrected chi connectivity index (χ0v) is 23.5. The molecule has 0 spiro atoms. The lowest BCUT2D eigenvalue weighted by atomic mass is 10.1. The molecule has 15 heteroatoms. The molecule has 3 rings (SSSR count). The van der Waals surface area contributed by atoms with Crippen molar-refractivity contribution < 1.29 is 33.0 Å². The quantitative estimate of drug-likeness (QED) is 0.196. The van der Waals surface area contributed by atoms with E-state index in [2.05, 4.69) is 20.0 Å². The lowest BCUT2D eigenvalue weighted by Crippen LogP contribution is -2.38. The number of nitrogens with one attached hydrogen (secondary N) is 1. The van der Waals surface area contributed by atoms with Gasteiger partial charge in [-0.15, -0.1) is 11.6 Å². The minimum Gasteiger partial charge on any atom is -0.476 e. The van der Waals surface area contributed by atoms with E-state index in [1.54, 1.807) is 25.3 Å². The zero-order chi connectivity index (χ0) is 27.5. The standard InChI is InChI=1S/C22H36ClN6O7P/c1-7-33-18-16-17(26-21(24)27-18)29(11-25-16)20-22(6,23)8-14(36-20)9-35-37(31,32)28-15(12(2)3)10-34-19(30)13(4)5/h11-15,20H,7-10H2,1-6H3,(H2,24,26,27)(H2,28,31,32)/t14-,15?,20+,22+/m0/s1. The van der Waals surface area contributed by atoms with Crippen LogP contribution in [0.1, 0.15) is 54.2 Å². The van der Waals surface area contributed by atoms with Gasteiger partial charge in [-0.1, -0.05) is 27.7 Å². The van der Waals surface area contributed by atoms with Gasteiger partial charge in [0.1, 0.15) is 6.61 Å². The summed E-state index contributed by atoms with van der Waals surface area (Å²) >= 11 is 6.80. The Bertz CT molecular complexity index is 1140. The number of imidazole rings is 1. The fraction of sp³-hybridized carbons (Fsp3) is 0.727. The first-order chi connectivity index (χ1) is 17.2. The molecule has 0 aromatic carbocycles. The van der Waals surface area contributed by atoms with Crippen LogP contribution >= 0.6 is 19.3 Å². The summed E-state index contributed by atoms with van der Waals surface area (Å²) in [4.78, 5) is 34.0. The first-order valence-electron chi connectivity index (χ1n) is 12.1. The van der Waals surface area contributed by atoms with Gasteiger partial charge in [-0.25, -0.2) is 14.6 Å². The number of anilines is 1. The molecule has 0 amide bonds.